The van der Waals surface area contributed by atoms with Crippen molar-refractivity contribution in [2.75, 3.05) is 49.2 Å². The molecule has 0 bridgehead atoms. The van der Waals surface area contributed by atoms with Crippen molar-refractivity contribution in [3.05, 3.63) is 113 Å². The van der Waals surface area contributed by atoms with E-state index < -0.39 is 29.6 Å². The standard InChI is InChI=1S/C37H42F2N8O5/c1-36(2,3)33(48)19-47-35(49)46(25-42-47)29-7-5-27(6-8-29)43-14-16-44(17-15-43)28-9-11-30(12-10-28)50-20-34-51-22-37(52-34,21-45-24-40-23-41-45)31-13-4-26(38)18-32(31)39/h4-13,18,23-25,33-34,48H,14-17,19-22H2,1-3H3. The summed E-state index contributed by atoms with van der Waals surface area (Å²) >= 11 is 0. The minimum atomic E-state index is -1.24. The number of hydrogen-bond donors (Lipinski definition) is 1. The minimum absolute atomic E-state index is 0.0216. The summed E-state index contributed by atoms with van der Waals surface area (Å²) in [5.74, 6) is -0.777. The summed E-state index contributed by atoms with van der Waals surface area (Å²) in [6.45, 7) is 9.40. The van der Waals surface area contributed by atoms with E-state index in [1.165, 1.54) is 45.0 Å². The van der Waals surface area contributed by atoms with Gasteiger partial charge >= 0.3 is 5.69 Å². The third-order valence-corrected chi connectivity index (χ3v) is 9.60. The maximum Gasteiger partial charge on any atom is 0.350 e. The number of ether oxygens (including phenoxy) is 3. The molecule has 3 unspecified atom stereocenters. The van der Waals surface area contributed by atoms with Crippen molar-refractivity contribution in [3.8, 4) is 11.4 Å². The lowest BCUT2D eigenvalue weighted by Crippen LogP contribution is -2.46. The normalized spacial score (nSPS) is 20.0. The Bertz CT molecular complexity index is 2010. The molecule has 0 aliphatic carbocycles. The number of hydrogen-bond acceptors (Lipinski definition) is 10. The Morgan fingerprint density at radius 2 is 1.58 bits per heavy atom. The van der Waals surface area contributed by atoms with E-state index in [1.807, 2.05) is 69.3 Å². The third-order valence-electron chi connectivity index (χ3n) is 9.60. The molecule has 274 valence electrons. The van der Waals surface area contributed by atoms with Crippen LogP contribution < -0.4 is 20.2 Å². The van der Waals surface area contributed by atoms with E-state index in [0.717, 1.165) is 43.6 Å². The van der Waals surface area contributed by atoms with Crippen LogP contribution in [0.15, 0.2) is 90.5 Å². The summed E-state index contributed by atoms with van der Waals surface area (Å²) in [5.41, 5.74) is 1.13. The van der Waals surface area contributed by atoms with Crippen LogP contribution in [0.3, 0.4) is 0 Å². The quantitative estimate of drug-likeness (QED) is 0.215. The number of piperazine rings is 1. The van der Waals surface area contributed by atoms with Crippen LogP contribution in [0.4, 0.5) is 20.2 Å². The molecule has 1 N–H and O–H groups in total. The van der Waals surface area contributed by atoms with E-state index in [4.69, 9.17) is 14.2 Å². The summed E-state index contributed by atoms with van der Waals surface area (Å²) in [5, 5.41) is 18.8. The van der Waals surface area contributed by atoms with Gasteiger partial charge in [-0.1, -0.05) is 26.8 Å². The molecule has 15 heteroatoms. The molecule has 3 aromatic carbocycles. The van der Waals surface area contributed by atoms with Gasteiger partial charge in [0.15, 0.2) is 6.29 Å². The van der Waals surface area contributed by atoms with Gasteiger partial charge in [-0.2, -0.15) is 10.2 Å². The summed E-state index contributed by atoms with van der Waals surface area (Å²) in [7, 11) is 0. The van der Waals surface area contributed by atoms with Crippen LogP contribution >= 0.6 is 0 Å². The molecule has 2 aromatic heterocycles. The van der Waals surface area contributed by atoms with Gasteiger partial charge in [-0.3, -0.25) is 0 Å². The van der Waals surface area contributed by atoms with Crippen molar-refractivity contribution >= 4 is 11.4 Å². The fraction of sp³-hybridized carbons (Fsp3) is 0.405. The average molecular weight is 717 g/mol. The molecule has 2 aliphatic heterocycles. The van der Waals surface area contributed by atoms with Gasteiger partial charge in [-0.15, -0.1) is 0 Å². The zero-order valence-electron chi connectivity index (χ0n) is 29.3. The minimum Gasteiger partial charge on any atom is -0.488 e. The predicted octanol–water partition coefficient (Wildman–Crippen LogP) is 3.98. The zero-order chi connectivity index (χ0) is 36.5. The second-order valence-corrected chi connectivity index (χ2v) is 14.2. The average Bonchev–Trinajstić information content (AvgIpc) is 3.89. The molecule has 2 aliphatic rings. The first-order chi connectivity index (χ1) is 25.0. The Morgan fingerprint density at radius 3 is 2.19 bits per heavy atom. The van der Waals surface area contributed by atoms with E-state index in [-0.39, 0.29) is 43.0 Å². The highest BCUT2D eigenvalue weighted by molar-refractivity contribution is 5.54. The topological polar surface area (TPSA) is 125 Å². The Kier molecular flexibility index (Phi) is 9.83. The molecule has 5 aromatic rings. The van der Waals surface area contributed by atoms with Crippen molar-refractivity contribution in [1.29, 1.82) is 0 Å². The van der Waals surface area contributed by atoms with E-state index in [2.05, 4.69) is 25.0 Å². The fourth-order valence-corrected chi connectivity index (χ4v) is 6.42. The molecule has 2 fully saturated rings. The highest BCUT2D eigenvalue weighted by Gasteiger charge is 2.45. The van der Waals surface area contributed by atoms with Crippen LogP contribution in [0.2, 0.25) is 0 Å². The van der Waals surface area contributed by atoms with E-state index in [1.54, 1.807) is 0 Å². The number of rotatable bonds is 11. The predicted molar refractivity (Wildman–Crippen MR) is 189 cm³/mol. The van der Waals surface area contributed by atoms with Gasteiger partial charge in [0.05, 0.1) is 31.5 Å². The van der Waals surface area contributed by atoms with Crippen LogP contribution in [-0.2, 0) is 28.2 Å². The van der Waals surface area contributed by atoms with Crippen LogP contribution in [-0.4, -0.2) is 86.0 Å². The number of benzene rings is 3. The number of aliphatic hydroxyl groups excluding tert-OH is 1. The summed E-state index contributed by atoms with van der Waals surface area (Å²) in [6, 6.07) is 19.0. The highest BCUT2D eigenvalue weighted by Crippen LogP contribution is 2.37. The van der Waals surface area contributed by atoms with Gasteiger partial charge in [0.2, 0.25) is 0 Å². The molecular formula is C37H42F2N8O5. The Balaban J connectivity index is 0.914. The summed E-state index contributed by atoms with van der Waals surface area (Å²) in [4.78, 5) is 21.5. The number of aromatic nitrogens is 6. The van der Waals surface area contributed by atoms with Gasteiger partial charge in [0.1, 0.15) is 48.6 Å². The van der Waals surface area contributed by atoms with Gasteiger partial charge in [0.25, 0.3) is 0 Å². The van der Waals surface area contributed by atoms with Crippen molar-refractivity contribution in [2.45, 2.75) is 51.9 Å². The van der Waals surface area contributed by atoms with Crippen LogP contribution in [0.1, 0.15) is 26.3 Å². The van der Waals surface area contributed by atoms with Crippen molar-refractivity contribution in [1.82, 2.24) is 29.1 Å². The lowest BCUT2D eigenvalue weighted by molar-refractivity contribution is -0.117. The second-order valence-electron chi connectivity index (χ2n) is 14.2. The van der Waals surface area contributed by atoms with Gasteiger partial charge in [-0.25, -0.2) is 32.5 Å². The van der Waals surface area contributed by atoms with Crippen LogP contribution in [0, 0.1) is 17.0 Å². The lowest BCUT2D eigenvalue weighted by atomic mass is 9.89. The van der Waals surface area contributed by atoms with Gasteiger partial charge < -0.3 is 29.1 Å². The van der Waals surface area contributed by atoms with E-state index in [9.17, 15) is 18.7 Å². The molecule has 7 rings (SSSR count). The Hall–Kier alpha value is -5.12. The molecule has 2 saturated heterocycles. The first-order valence-corrected chi connectivity index (χ1v) is 17.2. The zero-order valence-corrected chi connectivity index (χ0v) is 29.3. The molecule has 0 radical (unpaired) electrons. The van der Waals surface area contributed by atoms with E-state index in [0.29, 0.717) is 11.4 Å². The number of nitrogens with zero attached hydrogens (tertiary/aromatic N) is 8. The Labute approximate surface area is 299 Å². The third kappa shape index (κ3) is 7.56. The molecule has 0 spiro atoms. The molecule has 3 atom stereocenters. The maximum atomic E-state index is 14.9. The summed E-state index contributed by atoms with van der Waals surface area (Å²) < 4.78 is 51.0. The molecule has 0 saturated carbocycles. The van der Waals surface area contributed by atoms with Gasteiger partial charge in [0, 0.05) is 49.2 Å². The number of anilines is 2. The van der Waals surface area contributed by atoms with Crippen LogP contribution in [0.5, 0.6) is 5.75 Å². The monoisotopic (exact) mass is 716 g/mol. The van der Waals surface area contributed by atoms with Crippen molar-refractivity contribution in [3.63, 3.8) is 0 Å². The number of halogens is 2. The first-order valence-electron chi connectivity index (χ1n) is 17.2. The molecule has 0 amide bonds. The molecule has 52 heavy (non-hydrogen) atoms. The largest absolute Gasteiger partial charge is 0.488 e. The second kappa shape index (κ2) is 14.5. The maximum absolute atomic E-state index is 14.9. The SMILES string of the molecule is CC(C)(C)C(O)Cn1ncn(-c2ccc(N3CCN(c4ccc(OCC5OCC(Cn6cncn6)(c6ccc(F)cc6F)O5)cc4)CC3)cc2)c1=O. The smallest absolute Gasteiger partial charge is 0.350 e. The Morgan fingerprint density at radius 1 is 0.923 bits per heavy atom. The fourth-order valence-electron chi connectivity index (χ4n) is 6.42. The van der Waals surface area contributed by atoms with Gasteiger partial charge in [-0.05, 0) is 60.0 Å². The molecule has 4 heterocycles. The number of aliphatic hydroxyl groups is 1. The van der Waals surface area contributed by atoms with Crippen LogP contribution in [0.25, 0.3) is 5.69 Å². The molecule has 13 nitrogen and oxygen atoms in total. The van der Waals surface area contributed by atoms with Crippen molar-refractivity contribution in [2.24, 2.45) is 5.41 Å². The molecular weight excluding hydrogens is 674 g/mol. The highest BCUT2D eigenvalue weighted by atomic mass is 19.1. The first kappa shape index (κ1) is 35.3. The lowest BCUT2D eigenvalue weighted by Gasteiger charge is -2.37. The summed E-state index contributed by atoms with van der Waals surface area (Å²) in [6.07, 6.45) is 2.88. The van der Waals surface area contributed by atoms with E-state index >= 15 is 0 Å². The van der Waals surface area contributed by atoms with Crippen molar-refractivity contribution < 1.29 is 28.1 Å².